The fourth-order valence-electron chi connectivity index (χ4n) is 3.87. The molecule has 0 unspecified atom stereocenters. The standard InChI is InChI=1S/C26H22F4N2O4/c1-14-3-4-16(10-23(33)34-2)22(7-14)35-12-15-8-18(17-5-6-32-21(11-31)24(17)27)25-19(9-15)20(13-36-25)26(28,29)30/h3-9,13H,10-12,31H2,1-2H3. The van der Waals surface area contributed by atoms with E-state index in [9.17, 15) is 18.0 Å². The van der Waals surface area contributed by atoms with Crippen molar-refractivity contribution in [1.29, 1.82) is 0 Å². The van der Waals surface area contributed by atoms with E-state index in [-0.39, 0.29) is 47.4 Å². The number of alkyl halides is 3. The molecule has 0 spiro atoms. The first-order chi connectivity index (χ1) is 17.1. The minimum atomic E-state index is -4.69. The van der Waals surface area contributed by atoms with Crippen LogP contribution in [0.4, 0.5) is 17.6 Å². The van der Waals surface area contributed by atoms with Gasteiger partial charge in [-0.3, -0.25) is 9.78 Å². The number of fused-ring (bicyclic) bond motifs is 1. The van der Waals surface area contributed by atoms with E-state index >= 15 is 4.39 Å². The molecule has 2 aromatic carbocycles. The van der Waals surface area contributed by atoms with Crippen LogP contribution in [0, 0.1) is 12.7 Å². The summed E-state index contributed by atoms with van der Waals surface area (Å²) in [5.74, 6) is -0.835. The van der Waals surface area contributed by atoms with E-state index in [1.165, 1.54) is 31.5 Å². The monoisotopic (exact) mass is 502 g/mol. The second-order valence-corrected chi connectivity index (χ2v) is 8.14. The Morgan fingerprint density at radius 2 is 1.92 bits per heavy atom. The van der Waals surface area contributed by atoms with E-state index < -0.39 is 23.5 Å². The van der Waals surface area contributed by atoms with E-state index in [1.54, 1.807) is 18.2 Å². The number of furan rings is 1. The molecule has 0 radical (unpaired) electrons. The predicted molar refractivity (Wildman–Crippen MR) is 124 cm³/mol. The first-order valence-corrected chi connectivity index (χ1v) is 10.9. The van der Waals surface area contributed by atoms with E-state index in [2.05, 4.69) is 4.98 Å². The van der Waals surface area contributed by atoms with Gasteiger partial charge in [-0.15, -0.1) is 0 Å². The molecule has 0 aliphatic heterocycles. The van der Waals surface area contributed by atoms with Crippen LogP contribution in [0.1, 0.15) is 27.9 Å². The number of aryl methyl sites for hydroxylation is 1. The number of methoxy groups -OCH3 is 1. The van der Waals surface area contributed by atoms with Crippen LogP contribution in [0.5, 0.6) is 5.75 Å². The molecule has 0 bridgehead atoms. The maximum absolute atomic E-state index is 15.1. The lowest BCUT2D eigenvalue weighted by molar-refractivity contribution is -0.140. The highest BCUT2D eigenvalue weighted by Crippen LogP contribution is 2.41. The Morgan fingerprint density at radius 3 is 2.61 bits per heavy atom. The van der Waals surface area contributed by atoms with E-state index in [0.29, 0.717) is 23.1 Å². The largest absolute Gasteiger partial charge is 0.489 e. The molecule has 4 rings (SSSR count). The number of pyridine rings is 1. The van der Waals surface area contributed by atoms with Crippen molar-refractivity contribution in [3.63, 3.8) is 0 Å². The molecule has 4 aromatic rings. The van der Waals surface area contributed by atoms with Crippen LogP contribution in [0.25, 0.3) is 22.1 Å². The molecule has 2 N–H and O–H groups in total. The zero-order valence-electron chi connectivity index (χ0n) is 19.4. The molecule has 36 heavy (non-hydrogen) atoms. The number of hydrogen-bond donors (Lipinski definition) is 1. The van der Waals surface area contributed by atoms with Crippen LogP contribution >= 0.6 is 0 Å². The quantitative estimate of drug-likeness (QED) is 0.257. The Kier molecular flexibility index (Phi) is 6.98. The molecule has 10 heteroatoms. The maximum Gasteiger partial charge on any atom is 0.420 e. The third-order valence-corrected chi connectivity index (χ3v) is 5.66. The van der Waals surface area contributed by atoms with Crippen molar-refractivity contribution in [2.75, 3.05) is 7.11 Å². The minimum Gasteiger partial charge on any atom is -0.489 e. The zero-order valence-corrected chi connectivity index (χ0v) is 19.4. The van der Waals surface area contributed by atoms with Gasteiger partial charge in [0.1, 0.15) is 29.8 Å². The van der Waals surface area contributed by atoms with Gasteiger partial charge in [-0.2, -0.15) is 13.2 Å². The minimum absolute atomic E-state index is 0.00214. The van der Waals surface area contributed by atoms with Gasteiger partial charge in [0.2, 0.25) is 0 Å². The van der Waals surface area contributed by atoms with Crippen molar-refractivity contribution in [3.8, 4) is 16.9 Å². The Hall–Kier alpha value is -3.92. The summed E-state index contributed by atoms with van der Waals surface area (Å²) in [6.07, 6.45) is -2.79. The third kappa shape index (κ3) is 5.03. The molecule has 0 aliphatic carbocycles. The van der Waals surface area contributed by atoms with Gasteiger partial charge in [0.15, 0.2) is 5.82 Å². The van der Waals surface area contributed by atoms with E-state index in [4.69, 9.17) is 19.6 Å². The first kappa shape index (κ1) is 25.2. The van der Waals surface area contributed by atoms with Crippen LogP contribution < -0.4 is 10.5 Å². The van der Waals surface area contributed by atoms with Gasteiger partial charge < -0.3 is 19.6 Å². The van der Waals surface area contributed by atoms with Crippen molar-refractivity contribution >= 4 is 16.9 Å². The van der Waals surface area contributed by atoms with Gasteiger partial charge in [-0.25, -0.2) is 4.39 Å². The Balaban J connectivity index is 1.81. The summed E-state index contributed by atoms with van der Waals surface area (Å²) in [6, 6.07) is 9.38. The number of rotatable bonds is 7. The van der Waals surface area contributed by atoms with E-state index in [1.807, 2.05) is 6.92 Å². The molecule has 2 heterocycles. The Morgan fingerprint density at radius 1 is 1.14 bits per heavy atom. The summed E-state index contributed by atoms with van der Waals surface area (Å²) < 4.78 is 72.0. The second-order valence-electron chi connectivity index (χ2n) is 8.14. The number of aromatic nitrogens is 1. The molecule has 0 saturated heterocycles. The summed E-state index contributed by atoms with van der Waals surface area (Å²) in [4.78, 5) is 15.7. The third-order valence-electron chi connectivity index (χ3n) is 5.66. The summed E-state index contributed by atoms with van der Waals surface area (Å²) in [7, 11) is 1.27. The van der Waals surface area contributed by atoms with Gasteiger partial charge in [0.05, 0.1) is 19.2 Å². The summed E-state index contributed by atoms with van der Waals surface area (Å²) in [5.41, 5.74) is 6.27. The lowest BCUT2D eigenvalue weighted by Gasteiger charge is -2.14. The molecule has 0 amide bonds. The highest BCUT2D eigenvalue weighted by molar-refractivity contribution is 5.95. The van der Waals surface area contributed by atoms with Crippen molar-refractivity contribution in [1.82, 2.24) is 4.98 Å². The Labute approximate surface area is 203 Å². The normalized spacial score (nSPS) is 11.6. The predicted octanol–water partition coefficient (Wildman–Crippen LogP) is 5.71. The number of carbonyl (C=O) groups is 1. The van der Waals surface area contributed by atoms with Gasteiger partial charge in [-0.1, -0.05) is 12.1 Å². The number of benzene rings is 2. The molecular weight excluding hydrogens is 480 g/mol. The number of nitrogens with two attached hydrogens (primary N) is 1. The average Bonchev–Trinajstić information content (AvgIpc) is 3.28. The molecule has 188 valence electrons. The van der Waals surface area contributed by atoms with Crippen LogP contribution in [0.3, 0.4) is 0 Å². The van der Waals surface area contributed by atoms with Crippen molar-refractivity contribution in [3.05, 3.63) is 82.6 Å². The van der Waals surface area contributed by atoms with Gasteiger partial charge in [0, 0.05) is 34.8 Å². The van der Waals surface area contributed by atoms with Crippen molar-refractivity contribution < 1.29 is 36.2 Å². The second kappa shape index (κ2) is 9.98. The topological polar surface area (TPSA) is 87.6 Å². The van der Waals surface area contributed by atoms with Crippen LogP contribution in [0.15, 0.2) is 53.3 Å². The number of carbonyl (C=O) groups excluding carboxylic acids is 1. The number of hydrogen-bond acceptors (Lipinski definition) is 6. The van der Waals surface area contributed by atoms with Gasteiger partial charge in [0.25, 0.3) is 0 Å². The maximum atomic E-state index is 15.1. The fourth-order valence-corrected chi connectivity index (χ4v) is 3.87. The number of nitrogens with zero attached hydrogens (tertiary/aromatic N) is 1. The summed E-state index contributed by atoms with van der Waals surface area (Å²) in [6.45, 7) is 1.49. The van der Waals surface area contributed by atoms with Crippen LogP contribution in [-0.2, 0) is 35.3 Å². The van der Waals surface area contributed by atoms with Gasteiger partial charge in [-0.05, 0) is 42.3 Å². The SMILES string of the molecule is COC(=O)Cc1ccc(C)cc1OCc1cc(-c2ccnc(CN)c2F)c2occ(C(F)(F)F)c2c1. The summed E-state index contributed by atoms with van der Waals surface area (Å²) >= 11 is 0. The first-order valence-electron chi connectivity index (χ1n) is 10.9. The highest BCUT2D eigenvalue weighted by atomic mass is 19.4. The molecule has 0 saturated carbocycles. The molecular formula is C26H22F4N2O4. The zero-order chi connectivity index (χ0) is 26.0. The summed E-state index contributed by atoms with van der Waals surface area (Å²) in [5, 5.41) is -0.233. The van der Waals surface area contributed by atoms with Crippen LogP contribution in [-0.4, -0.2) is 18.1 Å². The molecule has 6 nitrogen and oxygen atoms in total. The lowest BCUT2D eigenvalue weighted by Crippen LogP contribution is -2.07. The molecule has 0 aliphatic rings. The van der Waals surface area contributed by atoms with Crippen molar-refractivity contribution in [2.24, 2.45) is 5.73 Å². The van der Waals surface area contributed by atoms with Gasteiger partial charge >= 0.3 is 12.1 Å². The number of halogens is 4. The lowest BCUT2D eigenvalue weighted by atomic mass is 9.98. The van der Waals surface area contributed by atoms with E-state index in [0.717, 1.165) is 5.56 Å². The van der Waals surface area contributed by atoms with Crippen molar-refractivity contribution in [2.45, 2.75) is 32.7 Å². The average molecular weight is 502 g/mol. The highest BCUT2D eigenvalue weighted by Gasteiger charge is 2.35. The fraction of sp³-hybridized carbons (Fsp3) is 0.231. The van der Waals surface area contributed by atoms with Crippen LogP contribution in [0.2, 0.25) is 0 Å². The molecule has 2 aromatic heterocycles. The number of ether oxygens (including phenoxy) is 2. The molecule has 0 fully saturated rings. The Bertz CT molecular complexity index is 1430. The number of esters is 1. The molecule has 0 atom stereocenters. The smallest absolute Gasteiger partial charge is 0.420 e.